The third kappa shape index (κ3) is 5.35. The summed E-state index contributed by atoms with van der Waals surface area (Å²) < 4.78 is 10.7. The Labute approximate surface area is 164 Å². The number of hydrogen-bond donors (Lipinski definition) is 1. The van der Waals surface area contributed by atoms with E-state index in [0.717, 1.165) is 56.0 Å². The van der Waals surface area contributed by atoms with E-state index in [9.17, 15) is 4.79 Å². The molecule has 1 aliphatic heterocycles. The van der Waals surface area contributed by atoms with Crippen LogP contribution in [-0.2, 0) is 6.42 Å². The van der Waals surface area contributed by atoms with Crippen molar-refractivity contribution in [1.29, 1.82) is 0 Å². The number of nitrogens with one attached hydrogen (secondary N) is 1. The Balaban J connectivity index is 1.46. The molecule has 1 aromatic carbocycles. The summed E-state index contributed by atoms with van der Waals surface area (Å²) in [6.07, 6.45) is 4.16. The van der Waals surface area contributed by atoms with Crippen LogP contribution in [0.3, 0.4) is 0 Å². The molecule has 7 heteroatoms. The topological polar surface area (TPSA) is 63.7 Å². The summed E-state index contributed by atoms with van der Waals surface area (Å²) in [5.41, 5.74) is 2.16. The van der Waals surface area contributed by atoms with Crippen molar-refractivity contribution in [3.05, 3.63) is 34.8 Å². The molecule has 27 heavy (non-hydrogen) atoms. The second-order valence-corrected chi connectivity index (χ2v) is 7.77. The lowest BCUT2D eigenvalue weighted by atomic mass is 9.90. The number of amides is 2. The molecule has 0 atom stereocenters. The highest BCUT2D eigenvalue weighted by Crippen LogP contribution is 2.27. The fourth-order valence-electron chi connectivity index (χ4n) is 3.39. The monoisotopic (exact) mass is 389 g/mol. The van der Waals surface area contributed by atoms with E-state index in [0.29, 0.717) is 11.0 Å². The van der Waals surface area contributed by atoms with E-state index in [1.54, 1.807) is 14.2 Å². The summed E-state index contributed by atoms with van der Waals surface area (Å²) in [7, 11) is 3.35. The van der Waals surface area contributed by atoms with Gasteiger partial charge in [0.1, 0.15) is 11.5 Å². The lowest BCUT2D eigenvalue weighted by Crippen LogP contribution is -2.41. The SMILES string of the molecule is COc1cc(CCC2CCN(C(=O)Nc3nc(C)cs3)CC2)cc(OC)c1. The number of benzene rings is 1. The number of methoxy groups -OCH3 is 2. The van der Waals surface area contributed by atoms with E-state index in [2.05, 4.69) is 22.4 Å². The largest absolute Gasteiger partial charge is 0.497 e. The Morgan fingerprint density at radius 2 is 1.89 bits per heavy atom. The summed E-state index contributed by atoms with van der Waals surface area (Å²) in [5.74, 6) is 2.29. The van der Waals surface area contributed by atoms with Crippen molar-refractivity contribution in [3.63, 3.8) is 0 Å². The molecule has 1 saturated heterocycles. The number of likely N-dealkylation sites (tertiary alicyclic amines) is 1. The first-order chi connectivity index (χ1) is 13.1. The molecule has 0 saturated carbocycles. The molecule has 0 bridgehead atoms. The summed E-state index contributed by atoms with van der Waals surface area (Å²) in [5, 5.41) is 5.51. The van der Waals surface area contributed by atoms with E-state index in [1.807, 2.05) is 23.3 Å². The van der Waals surface area contributed by atoms with Crippen LogP contribution in [0.25, 0.3) is 0 Å². The number of aryl methyl sites for hydroxylation is 2. The van der Waals surface area contributed by atoms with Crippen molar-refractivity contribution >= 4 is 22.5 Å². The molecule has 146 valence electrons. The number of carbonyl (C=O) groups is 1. The van der Waals surface area contributed by atoms with Gasteiger partial charge >= 0.3 is 6.03 Å². The molecule has 0 unspecified atom stereocenters. The summed E-state index contributed by atoms with van der Waals surface area (Å²) in [6, 6.07) is 5.99. The third-order valence-corrected chi connectivity index (χ3v) is 5.86. The molecule has 0 aliphatic carbocycles. The van der Waals surface area contributed by atoms with Crippen LogP contribution >= 0.6 is 11.3 Å². The Hall–Kier alpha value is -2.28. The molecule has 2 heterocycles. The molecular formula is C20H27N3O3S. The van der Waals surface area contributed by atoms with Crippen LogP contribution in [0.5, 0.6) is 11.5 Å². The van der Waals surface area contributed by atoms with Gasteiger partial charge in [0, 0.05) is 24.5 Å². The molecule has 1 N–H and O–H groups in total. The normalized spacial score (nSPS) is 14.9. The molecule has 1 fully saturated rings. The lowest BCUT2D eigenvalue weighted by molar-refractivity contribution is 0.180. The molecule has 0 radical (unpaired) electrons. The molecule has 2 aromatic rings. The zero-order valence-corrected chi connectivity index (χ0v) is 17.0. The van der Waals surface area contributed by atoms with Gasteiger partial charge in [-0.2, -0.15) is 0 Å². The first kappa shape index (κ1) is 19.5. The van der Waals surface area contributed by atoms with Gasteiger partial charge in [0.25, 0.3) is 0 Å². The van der Waals surface area contributed by atoms with E-state index in [1.165, 1.54) is 16.9 Å². The highest BCUT2D eigenvalue weighted by Gasteiger charge is 2.23. The summed E-state index contributed by atoms with van der Waals surface area (Å²) in [6.45, 7) is 3.51. The standard InChI is InChI=1S/C20H27N3O3S/c1-14-13-27-19(21-14)22-20(24)23-8-6-15(7-9-23)4-5-16-10-17(25-2)12-18(11-16)26-3/h10-13,15H,4-9H2,1-3H3,(H,21,22,24). The minimum Gasteiger partial charge on any atom is -0.497 e. The zero-order chi connectivity index (χ0) is 19.2. The van der Waals surface area contributed by atoms with Crippen molar-refractivity contribution < 1.29 is 14.3 Å². The second kappa shape index (κ2) is 9.08. The average molecular weight is 390 g/mol. The van der Waals surface area contributed by atoms with Crippen molar-refractivity contribution in [3.8, 4) is 11.5 Å². The van der Waals surface area contributed by atoms with Crippen molar-refractivity contribution in [2.24, 2.45) is 5.92 Å². The van der Waals surface area contributed by atoms with Gasteiger partial charge in [-0.1, -0.05) is 0 Å². The van der Waals surface area contributed by atoms with Crippen molar-refractivity contribution in [1.82, 2.24) is 9.88 Å². The number of rotatable bonds is 6. The number of thiazole rings is 1. The van der Waals surface area contributed by atoms with E-state index >= 15 is 0 Å². The number of hydrogen-bond acceptors (Lipinski definition) is 5. The van der Waals surface area contributed by atoms with Crippen molar-refractivity contribution in [2.45, 2.75) is 32.6 Å². The van der Waals surface area contributed by atoms with Crippen molar-refractivity contribution in [2.75, 3.05) is 32.6 Å². The lowest BCUT2D eigenvalue weighted by Gasteiger charge is -2.31. The van der Waals surface area contributed by atoms with Crippen LogP contribution in [0.15, 0.2) is 23.6 Å². The van der Waals surface area contributed by atoms with Crippen LogP contribution in [0.1, 0.15) is 30.5 Å². The minimum atomic E-state index is -0.0414. The Kier molecular flexibility index (Phi) is 6.55. The van der Waals surface area contributed by atoms with Gasteiger partial charge in [0.2, 0.25) is 0 Å². The van der Waals surface area contributed by atoms with Crippen LogP contribution < -0.4 is 14.8 Å². The van der Waals surface area contributed by atoms with Gasteiger partial charge < -0.3 is 14.4 Å². The summed E-state index contributed by atoms with van der Waals surface area (Å²) >= 11 is 1.46. The Morgan fingerprint density at radius 1 is 1.22 bits per heavy atom. The quantitative estimate of drug-likeness (QED) is 0.798. The van der Waals surface area contributed by atoms with Crippen LogP contribution in [-0.4, -0.2) is 43.2 Å². The smallest absolute Gasteiger partial charge is 0.323 e. The zero-order valence-electron chi connectivity index (χ0n) is 16.2. The number of piperidine rings is 1. The van der Waals surface area contributed by atoms with Gasteiger partial charge in [-0.25, -0.2) is 9.78 Å². The third-order valence-electron chi connectivity index (χ3n) is 4.99. The van der Waals surface area contributed by atoms with Gasteiger partial charge in [0.15, 0.2) is 5.13 Å². The number of carbonyl (C=O) groups excluding carboxylic acids is 1. The number of aromatic nitrogens is 1. The molecule has 3 rings (SSSR count). The fraction of sp³-hybridized carbons (Fsp3) is 0.500. The fourth-order valence-corrected chi connectivity index (χ4v) is 4.07. The number of anilines is 1. The van der Waals surface area contributed by atoms with E-state index < -0.39 is 0 Å². The maximum absolute atomic E-state index is 12.4. The van der Waals surface area contributed by atoms with Gasteiger partial charge in [0.05, 0.1) is 19.9 Å². The minimum absolute atomic E-state index is 0.0414. The molecule has 1 aromatic heterocycles. The first-order valence-electron chi connectivity index (χ1n) is 9.27. The second-order valence-electron chi connectivity index (χ2n) is 6.91. The number of nitrogens with zero attached hydrogens (tertiary/aromatic N) is 2. The maximum atomic E-state index is 12.4. The highest BCUT2D eigenvalue weighted by atomic mass is 32.1. The van der Waals surface area contributed by atoms with E-state index in [4.69, 9.17) is 9.47 Å². The van der Waals surface area contributed by atoms with Gasteiger partial charge in [-0.15, -0.1) is 11.3 Å². The van der Waals surface area contributed by atoms with Crippen LogP contribution in [0, 0.1) is 12.8 Å². The number of urea groups is 1. The molecule has 2 amide bonds. The first-order valence-corrected chi connectivity index (χ1v) is 10.2. The number of ether oxygens (including phenoxy) is 2. The predicted octanol–water partition coefficient (Wildman–Crippen LogP) is 4.35. The van der Waals surface area contributed by atoms with Crippen LogP contribution in [0.4, 0.5) is 9.93 Å². The average Bonchev–Trinajstić information content (AvgIpc) is 3.11. The molecule has 1 aliphatic rings. The van der Waals surface area contributed by atoms with Crippen LogP contribution in [0.2, 0.25) is 0 Å². The Morgan fingerprint density at radius 3 is 2.44 bits per heavy atom. The predicted molar refractivity (Wildman–Crippen MR) is 108 cm³/mol. The van der Waals surface area contributed by atoms with Gasteiger partial charge in [-0.3, -0.25) is 5.32 Å². The molecule has 6 nitrogen and oxygen atoms in total. The molecule has 0 spiro atoms. The maximum Gasteiger partial charge on any atom is 0.323 e. The van der Waals surface area contributed by atoms with Gasteiger partial charge in [-0.05, 0) is 56.2 Å². The van der Waals surface area contributed by atoms with E-state index in [-0.39, 0.29) is 6.03 Å². The highest BCUT2D eigenvalue weighted by molar-refractivity contribution is 7.13. The summed E-state index contributed by atoms with van der Waals surface area (Å²) in [4.78, 5) is 18.5. The molecular weight excluding hydrogens is 362 g/mol. The Bertz CT molecular complexity index is 747.